The minimum atomic E-state index is -0.439. The van der Waals surface area contributed by atoms with Crippen LogP contribution in [0, 0.1) is 5.41 Å². The standard InChI is InChI=1S/C18H13Cl2N3O/c19-14-9-8-12(10-15(14)20)17(24)23-18(21)22-16-7-3-5-11-4-1-2-6-13(11)16/h1-10H,(H3,21,22,23,24). The molecule has 3 N–H and O–H groups in total. The van der Waals surface area contributed by atoms with Crippen molar-refractivity contribution in [1.29, 1.82) is 5.41 Å². The van der Waals surface area contributed by atoms with Crippen LogP contribution in [0.4, 0.5) is 5.69 Å². The van der Waals surface area contributed by atoms with E-state index < -0.39 is 5.91 Å². The van der Waals surface area contributed by atoms with E-state index in [2.05, 4.69) is 10.6 Å². The molecule has 0 saturated carbocycles. The number of hydrogen-bond acceptors (Lipinski definition) is 2. The van der Waals surface area contributed by atoms with Gasteiger partial charge in [0, 0.05) is 16.6 Å². The first-order valence-corrected chi connectivity index (χ1v) is 7.90. The molecule has 1 amide bonds. The molecule has 3 rings (SSSR count). The number of amides is 1. The molecule has 0 fully saturated rings. The van der Waals surface area contributed by atoms with Crippen molar-refractivity contribution in [2.45, 2.75) is 0 Å². The summed E-state index contributed by atoms with van der Waals surface area (Å²) >= 11 is 11.7. The largest absolute Gasteiger partial charge is 0.326 e. The van der Waals surface area contributed by atoms with Crippen LogP contribution in [0.2, 0.25) is 10.0 Å². The van der Waals surface area contributed by atoms with Gasteiger partial charge in [0.05, 0.1) is 10.0 Å². The molecule has 0 aromatic heterocycles. The third-order valence-corrected chi connectivity index (χ3v) is 4.21. The third kappa shape index (κ3) is 3.50. The maximum Gasteiger partial charge on any atom is 0.258 e. The maximum absolute atomic E-state index is 12.2. The second-order valence-corrected chi connectivity index (χ2v) is 5.92. The molecule has 0 aliphatic rings. The Bertz CT molecular complexity index is 935. The van der Waals surface area contributed by atoms with Gasteiger partial charge in [-0.3, -0.25) is 15.5 Å². The number of fused-ring (bicyclic) bond motifs is 1. The van der Waals surface area contributed by atoms with E-state index in [1.165, 1.54) is 6.07 Å². The van der Waals surface area contributed by atoms with Gasteiger partial charge in [0.25, 0.3) is 5.91 Å². The van der Waals surface area contributed by atoms with E-state index >= 15 is 0 Å². The van der Waals surface area contributed by atoms with Crippen molar-refractivity contribution < 1.29 is 4.79 Å². The molecule has 24 heavy (non-hydrogen) atoms. The second-order valence-electron chi connectivity index (χ2n) is 5.11. The predicted octanol–water partition coefficient (Wildman–Crippen LogP) is 4.92. The Morgan fingerprint density at radius 3 is 2.46 bits per heavy atom. The Morgan fingerprint density at radius 1 is 0.917 bits per heavy atom. The van der Waals surface area contributed by atoms with Crippen molar-refractivity contribution in [3.05, 3.63) is 76.3 Å². The fraction of sp³-hybridized carbons (Fsp3) is 0. The van der Waals surface area contributed by atoms with E-state index in [1.807, 2.05) is 42.5 Å². The van der Waals surface area contributed by atoms with E-state index in [0.717, 1.165) is 16.5 Å². The van der Waals surface area contributed by atoms with E-state index in [-0.39, 0.29) is 11.0 Å². The van der Waals surface area contributed by atoms with Crippen LogP contribution in [0.5, 0.6) is 0 Å². The molecule has 0 aliphatic heterocycles. The summed E-state index contributed by atoms with van der Waals surface area (Å²) in [7, 11) is 0. The molecule has 0 atom stereocenters. The zero-order chi connectivity index (χ0) is 17.1. The van der Waals surface area contributed by atoms with Crippen LogP contribution in [-0.4, -0.2) is 11.9 Å². The molecule has 0 unspecified atom stereocenters. The Balaban J connectivity index is 1.75. The molecular formula is C18H13Cl2N3O. The van der Waals surface area contributed by atoms with Crippen LogP contribution in [0.1, 0.15) is 10.4 Å². The predicted molar refractivity (Wildman–Crippen MR) is 99.2 cm³/mol. The molecule has 0 spiro atoms. The number of halogens is 2. The van der Waals surface area contributed by atoms with Crippen molar-refractivity contribution in [2.24, 2.45) is 0 Å². The number of carbonyl (C=O) groups excluding carboxylic acids is 1. The number of guanidine groups is 1. The number of hydrogen-bond donors (Lipinski definition) is 3. The normalized spacial score (nSPS) is 10.4. The maximum atomic E-state index is 12.2. The Kier molecular flexibility index (Phi) is 4.69. The van der Waals surface area contributed by atoms with Crippen LogP contribution in [0.25, 0.3) is 10.8 Å². The van der Waals surface area contributed by atoms with Crippen molar-refractivity contribution >= 4 is 51.5 Å². The lowest BCUT2D eigenvalue weighted by molar-refractivity contribution is 0.0977. The molecule has 4 nitrogen and oxygen atoms in total. The van der Waals surface area contributed by atoms with Crippen molar-refractivity contribution in [2.75, 3.05) is 5.32 Å². The van der Waals surface area contributed by atoms with Gasteiger partial charge >= 0.3 is 0 Å². The molecule has 6 heteroatoms. The average molecular weight is 358 g/mol. The van der Waals surface area contributed by atoms with Crippen LogP contribution in [0.15, 0.2) is 60.7 Å². The monoisotopic (exact) mass is 357 g/mol. The fourth-order valence-electron chi connectivity index (χ4n) is 2.32. The summed E-state index contributed by atoms with van der Waals surface area (Å²) in [5.41, 5.74) is 1.07. The SMILES string of the molecule is N=C(NC(=O)c1ccc(Cl)c(Cl)c1)Nc1cccc2ccccc12. The highest BCUT2D eigenvalue weighted by Gasteiger charge is 2.11. The minimum Gasteiger partial charge on any atom is -0.326 e. The lowest BCUT2D eigenvalue weighted by atomic mass is 10.1. The third-order valence-electron chi connectivity index (χ3n) is 3.47. The van der Waals surface area contributed by atoms with Crippen molar-refractivity contribution in [3.8, 4) is 0 Å². The van der Waals surface area contributed by atoms with Crippen LogP contribution in [-0.2, 0) is 0 Å². The van der Waals surface area contributed by atoms with Gasteiger partial charge in [-0.2, -0.15) is 0 Å². The van der Waals surface area contributed by atoms with Crippen molar-refractivity contribution in [1.82, 2.24) is 5.32 Å². The molecule has 0 heterocycles. The molecule has 0 bridgehead atoms. The average Bonchev–Trinajstić information content (AvgIpc) is 2.57. The number of anilines is 1. The molecule has 3 aromatic carbocycles. The van der Waals surface area contributed by atoms with Crippen LogP contribution < -0.4 is 10.6 Å². The Morgan fingerprint density at radius 2 is 1.67 bits per heavy atom. The van der Waals surface area contributed by atoms with E-state index in [9.17, 15) is 4.79 Å². The quantitative estimate of drug-likeness (QED) is 0.450. The lowest BCUT2D eigenvalue weighted by Gasteiger charge is -2.12. The number of carbonyl (C=O) groups is 1. The van der Waals surface area contributed by atoms with Gasteiger partial charge in [-0.05, 0) is 29.7 Å². The summed E-state index contributed by atoms with van der Waals surface area (Å²) in [6, 6.07) is 18.1. The zero-order valence-corrected chi connectivity index (χ0v) is 13.9. The fourth-order valence-corrected chi connectivity index (χ4v) is 2.62. The van der Waals surface area contributed by atoms with Gasteiger partial charge in [-0.1, -0.05) is 59.6 Å². The topological polar surface area (TPSA) is 65.0 Å². The van der Waals surface area contributed by atoms with E-state index in [0.29, 0.717) is 10.6 Å². The first-order valence-electron chi connectivity index (χ1n) is 7.14. The summed E-state index contributed by atoms with van der Waals surface area (Å²) in [5.74, 6) is -0.561. The molecule has 3 aromatic rings. The zero-order valence-electron chi connectivity index (χ0n) is 12.4. The minimum absolute atomic E-state index is 0.123. The highest BCUT2D eigenvalue weighted by molar-refractivity contribution is 6.42. The van der Waals surface area contributed by atoms with Gasteiger partial charge in [-0.15, -0.1) is 0 Å². The van der Waals surface area contributed by atoms with Gasteiger partial charge in [0.2, 0.25) is 0 Å². The van der Waals surface area contributed by atoms with Gasteiger partial charge in [-0.25, -0.2) is 0 Å². The molecule has 0 saturated heterocycles. The number of benzene rings is 3. The summed E-state index contributed by atoms with van der Waals surface area (Å²) < 4.78 is 0. The van der Waals surface area contributed by atoms with Crippen LogP contribution >= 0.6 is 23.2 Å². The second kappa shape index (κ2) is 6.91. The summed E-state index contributed by atoms with van der Waals surface area (Å²) in [5, 5.41) is 16.0. The molecule has 0 aliphatic carbocycles. The van der Waals surface area contributed by atoms with E-state index in [4.69, 9.17) is 28.6 Å². The van der Waals surface area contributed by atoms with Gasteiger partial charge in [0.1, 0.15) is 0 Å². The van der Waals surface area contributed by atoms with E-state index in [1.54, 1.807) is 12.1 Å². The smallest absolute Gasteiger partial charge is 0.258 e. The summed E-state index contributed by atoms with van der Waals surface area (Å²) in [6.07, 6.45) is 0. The number of rotatable bonds is 2. The van der Waals surface area contributed by atoms with Crippen LogP contribution in [0.3, 0.4) is 0 Å². The first kappa shape index (κ1) is 16.3. The highest BCUT2D eigenvalue weighted by Crippen LogP contribution is 2.23. The highest BCUT2D eigenvalue weighted by atomic mass is 35.5. The lowest BCUT2D eigenvalue weighted by Crippen LogP contribution is -2.35. The Labute approximate surface area is 148 Å². The van der Waals surface area contributed by atoms with Gasteiger partial charge < -0.3 is 5.32 Å². The van der Waals surface area contributed by atoms with Gasteiger partial charge in [0.15, 0.2) is 5.96 Å². The van der Waals surface area contributed by atoms with Crippen molar-refractivity contribution in [3.63, 3.8) is 0 Å². The summed E-state index contributed by atoms with van der Waals surface area (Å²) in [6.45, 7) is 0. The Hall–Kier alpha value is -2.56. The molecule has 120 valence electrons. The first-order chi connectivity index (χ1) is 11.5. The summed E-state index contributed by atoms with van der Waals surface area (Å²) in [4.78, 5) is 12.2. The molecular weight excluding hydrogens is 345 g/mol. The molecule has 0 radical (unpaired) electrons. The number of nitrogens with one attached hydrogen (secondary N) is 3.